The molecular weight excluding hydrogens is 827 g/mol. The fraction of sp³-hybridized carbons (Fsp3) is 0.169. The zero-order valence-electron chi connectivity index (χ0n) is 39.9. The second kappa shape index (κ2) is 13.3. The van der Waals surface area contributed by atoms with Crippen LogP contribution in [0.15, 0.2) is 173 Å². The van der Waals surface area contributed by atoms with Crippen LogP contribution in [0.1, 0.15) is 86.1 Å². The van der Waals surface area contributed by atoms with E-state index in [1.54, 1.807) is 0 Å². The highest BCUT2D eigenvalue weighted by Gasteiger charge is 2.49. The normalized spacial score (nSPS) is 15.4. The number of aryl methyl sites for hydroxylation is 2. The monoisotopic (exact) mass is 877 g/mol. The van der Waals surface area contributed by atoms with Crippen molar-refractivity contribution >= 4 is 60.9 Å². The Morgan fingerprint density at radius 2 is 0.912 bits per heavy atom. The summed E-state index contributed by atoms with van der Waals surface area (Å²) < 4.78 is 13.8. The van der Waals surface area contributed by atoms with Gasteiger partial charge in [0.25, 0.3) is 0 Å². The maximum absolute atomic E-state index is 6.98. The van der Waals surface area contributed by atoms with Gasteiger partial charge in [0, 0.05) is 66.0 Å². The molecule has 0 aliphatic heterocycles. The second-order valence-corrected chi connectivity index (χ2v) is 21.4. The Morgan fingerprint density at radius 3 is 1.60 bits per heavy atom. The van der Waals surface area contributed by atoms with Gasteiger partial charge in [-0.25, -0.2) is 0 Å². The first-order chi connectivity index (χ1) is 32.8. The van der Waals surface area contributed by atoms with Crippen molar-refractivity contribution in [1.29, 1.82) is 0 Å². The van der Waals surface area contributed by atoms with E-state index in [-0.39, 0.29) is 16.2 Å². The summed E-state index contributed by atoms with van der Waals surface area (Å²) in [7, 11) is 0. The van der Waals surface area contributed by atoms with E-state index < -0.39 is 0 Å². The molecule has 9 aromatic carbocycles. The van der Waals surface area contributed by atoms with E-state index in [0.29, 0.717) is 0 Å². The van der Waals surface area contributed by atoms with Gasteiger partial charge in [-0.05, 0) is 135 Å². The summed E-state index contributed by atoms with van der Waals surface area (Å²) in [5, 5.41) is 4.75. The molecule has 0 saturated heterocycles. The average Bonchev–Trinajstić information content (AvgIpc) is 4.09. The topological polar surface area (TPSA) is 29.5 Å². The van der Waals surface area contributed by atoms with Gasteiger partial charge in [-0.1, -0.05) is 162 Å². The molecule has 0 radical (unpaired) electrons. The van der Waals surface area contributed by atoms with Crippen LogP contribution in [0.25, 0.3) is 88.4 Å². The number of benzene rings is 9. The van der Waals surface area contributed by atoms with Gasteiger partial charge in [0.05, 0.1) is 0 Å². The molecule has 68 heavy (non-hydrogen) atoms. The van der Waals surface area contributed by atoms with Crippen LogP contribution >= 0.6 is 0 Å². The second-order valence-electron chi connectivity index (χ2n) is 21.4. The molecule has 2 aromatic heterocycles. The van der Waals surface area contributed by atoms with Crippen LogP contribution in [-0.2, 0) is 16.2 Å². The fourth-order valence-corrected chi connectivity index (χ4v) is 13.0. The fourth-order valence-electron chi connectivity index (χ4n) is 13.0. The lowest BCUT2D eigenvalue weighted by Crippen LogP contribution is -2.24. The Bertz CT molecular complexity index is 4020. The minimum absolute atomic E-state index is 0.219. The number of para-hydroxylation sites is 2. The summed E-state index contributed by atoms with van der Waals surface area (Å²) in [6.45, 7) is 18.9. The lowest BCUT2D eigenvalue weighted by atomic mass is 9.72. The average molecular weight is 878 g/mol. The van der Waals surface area contributed by atoms with E-state index in [1.165, 1.54) is 99.6 Å². The maximum Gasteiger partial charge on any atom is 0.144 e. The van der Waals surface area contributed by atoms with Crippen molar-refractivity contribution in [2.75, 3.05) is 4.90 Å². The van der Waals surface area contributed by atoms with Crippen molar-refractivity contribution in [3.05, 3.63) is 208 Å². The van der Waals surface area contributed by atoms with Gasteiger partial charge in [0.15, 0.2) is 0 Å². The van der Waals surface area contributed by atoms with Crippen LogP contribution in [0.5, 0.6) is 0 Å². The SMILES string of the molecule is Cc1ccc(N(c2ccc3c(c2)C(C)(C)c2cc(-c4cccc(C)c4)c4oc5ccccc5c4c2-3)c2ccc3c(c2)C(C)(C)c2c4c(c5oc6ccccc6c5c2-3)-c2ccccc2C4(C)C)cc1. The van der Waals surface area contributed by atoms with Crippen molar-refractivity contribution in [2.24, 2.45) is 0 Å². The van der Waals surface area contributed by atoms with E-state index in [9.17, 15) is 0 Å². The highest BCUT2D eigenvalue weighted by molar-refractivity contribution is 6.21. The highest BCUT2D eigenvalue weighted by atomic mass is 16.3. The molecule has 0 N–H and O–H groups in total. The van der Waals surface area contributed by atoms with E-state index in [2.05, 4.69) is 224 Å². The van der Waals surface area contributed by atoms with Gasteiger partial charge in [-0.3, -0.25) is 0 Å². The van der Waals surface area contributed by atoms with Gasteiger partial charge in [0.1, 0.15) is 22.3 Å². The van der Waals surface area contributed by atoms with Crippen molar-refractivity contribution in [3.8, 4) is 44.5 Å². The highest BCUT2D eigenvalue weighted by Crippen LogP contribution is 2.64. The molecule has 0 bridgehead atoms. The Morgan fingerprint density at radius 1 is 0.368 bits per heavy atom. The molecule has 0 unspecified atom stereocenters. The van der Waals surface area contributed by atoms with Crippen LogP contribution < -0.4 is 4.90 Å². The van der Waals surface area contributed by atoms with Gasteiger partial charge < -0.3 is 13.7 Å². The number of anilines is 3. The standard InChI is InChI=1S/C65H51NO2/c1-36-24-26-39(27-25-36)66(40-28-30-43-49(33-40)63(3,4)51-35-47(38-17-15-16-37(2)32-38)61-56(54(43)51)45-19-10-13-22-52(45)67-61)41-29-31-44-50(34-41)65(7,8)59-55(44)57-46-20-11-14-23-53(46)68-62(57)58-42-18-9-12-21-48(42)64(5,6)60(58)59/h9-35H,1-8H3. The molecule has 0 spiro atoms. The third-order valence-corrected chi connectivity index (χ3v) is 16.3. The van der Waals surface area contributed by atoms with Gasteiger partial charge in [0.2, 0.25) is 0 Å². The predicted molar refractivity (Wildman–Crippen MR) is 283 cm³/mol. The first kappa shape index (κ1) is 39.5. The van der Waals surface area contributed by atoms with Crippen LogP contribution in [0.4, 0.5) is 17.1 Å². The maximum atomic E-state index is 6.98. The van der Waals surface area contributed by atoms with Crippen molar-refractivity contribution in [3.63, 3.8) is 0 Å². The molecule has 328 valence electrons. The molecule has 3 aliphatic rings. The molecule has 0 fully saturated rings. The quantitative estimate of drug-likeness (QED) is 0.176. The number of nitrogens with zero attached hydrogens (tertiary/aromatic N) is 1. The van der Waals surface area contributed by atoms with Gasteiger partial charge in [-0.2, -0.15) is 0 Å². The number of hydrogen-bond acceptors (Lipinski definition) is 3. The predicted octanol–water partition coefficient (Wildman–Crippen LogP) is 18.2. The lowest BCUT2D eigenvalue weighted by Gasteiger charge is -2.32. The minimum atomic E-state index is -0.315. The van der Waals surface area contributed by atoms with Gasteiger partial charge >= 0.3 is 0 Å². The molecule has 0 saturated carbocycles. The smallest absolute Gasteiger partial charge is 0.144 e. The number of hydrogen-bond donors (Lipinski definition) is 0. The third kappa shape index (κ3) is 5.04. The van der Waals surface area contributed by atoms with E-state index in [4.69, 9.17) is 8.83 Å². The largest absolute Gasteiger partial charge is 0.455 e. The first-order valence-corrected chi connectivity index (χ1v) is 24.2. The van der Waals surface area contributed by atoms with Crippen molar-refractivity contribution < 1.29 is 8.83 Å². The third-order valence-electron chi connectivity index (χ3n) is 16.3. The summed E-state index contributed by atoms with van der Waals surface area (Å²) in [4.78, 5) is 2.48. The van der Waals surface area contributed by atoms with E-state index in [1.807, 2.05) is 0 Å². The molecule has 3 nitrogen and oxygen atoms in total. The summed E-state index contributed by atoms with van der Waals surface area (Å²) in [6.07, 6.45) is 0. The summed E-state index contributed by atoms with van der Waals surface area (Å²) in [5.74, 6) is 0. The lowest BCUT2D eigenvalue weighted by molar-refractivity contribution is 0.600. The van der Waals surface area contributed by atoms with E-state index >= 15 is 0 Å². The summed E-state index contributed by atoms with van der Waals surface area (Å²) in [6, 6.07) is 60.9. The van der Waals surface area contributed by atoms with Crippen LogP contribution in [0.3, 0.4) is 0 Å². The molecule has 3 aliphatic carbocycles. The number of furan rings is 2. The molecule has 11 aromatic rings. The van der Waals surface area contributed by atoms with Crippen molar-refractivity contribution in [1.82, 2.24) is 0 Å². The van der Waals surface area contributed by atoms with Crippen LogP contribution in [0, 0.1) is 13.8 Å². The zero-order chi connectivity index (χ0) is 46.2. The first-order valence-electron chi connectivity index (χ1n) is 24.2. The Labute approximate surface area is 397 Å². The van der Waals surface area contributed by atoms with Crippen molar-refractivity contribution in [2.45, 2.75) is 71.6 Å². The molecule has 2 heterocycles. The minimum Gasteiger partial charge on any atom is -0.455 e. The zero-order valence-corrected chi connectivity index (χ0v) is 39.9. The Hall–Kier alpha value is -7.62. The number of fused-ring (bicyclic) bond motifs is 19. The van der Waals surface area contributed by atoms with Crippen LogP contribution in [0.2, 0.25) is 0 Å². The molecule has 3 heteroatoms. The molecule has 0 atom stereocenters. The van der Waals surface area contributed by atoms with Crippen LogP contribution in [-0.4, -0.2) is 0 Å². The van der Waals surface area contributed by atoms with Gasteiger partial charge in [-0.15, -0.1) is 0 Å². The molecular formula is C65H51NO2. The molecule has 0 amide bonds. The summed E-state index contributed by atoms with van der Waals surface area (Å²) in [5.41, 5.74) is 27.0. The van der Waals surface area contributed by atoms with E-state index in [0.717, 1.165) is 50.3 Å². The Balaban J connectivity index is 0.986. The number of rotatable bonds is 4. The Kier molecular flexibility index (Phi) is 7.73. The summed E-state index contributed by atoms with van der Waals surface area (Å²) >= 11 is 0. The molecule has 14 rings (SSSR count).